The zero-order valence-corrected chi connectivity index (χ0v) is 14.9. The first kappa shape index (κ1) is 17.2. The Labute approximate surface area is 136 Å². The summed E-state index contributed by atoms with van der Waals surface area (Å²) in [4.78, 5) is -0.382. The minimum Gasteiger partial charge on any atom is -0.392 e. The van der Waals surface area contributed by atoms with Crippen molar-refractivity contribution in [3.05, 3.63) is 28.0 Å². The molecule has 1 aliphatic heterocycles. The van der Waals surface area contributed by atoms with E-state index in [4.69, 9.17) is 5.11 Å². The van der Waals surface area contributed by atoms with Gasteiger partial charge < -0.3 is 5.11 Å². The summed E-state index contributed by atoms with van der Waals surface area (Å²) in [7, 11) is -3.91. The number of sulfonamides is 1. The maximum absolute atomic E-state index is 14.3. The molecule has 0 aliphatic carbocycles. The highest BCUT2D eigenvalue weighted by Gasteiger charge is 2.34. The highest BCUT2D eigenvalue weighted by molar-refractivity contribution is 9.10. The van der Waals surface area contributed by atoms with E-state index in [2.05, 4.69) is 15.9 Å². The van der Waals surface area contributed by atoms with Crippen LogP contribution in [0.15, 0.2) is 21.5 Å². The second kappa shape index (κ2) is 6.54. The molecule has 118 valence electrons. The molecule has 0 amide bonds. The van der Waals surface area contributed by atoms with E-state index >= 15 is 0 Å². The van der Waals surface area contributed by atoms with Gasteiger partial charge in [-0.15, -0.1) is 0 Å². The molecule has 8 heteroatoms. The highest BCUT2D eigenvalue weighted by atomic mass is 79.9. The molecule has 2 atom stereocenters. The van der Waals surface area contributed by atoms with Gasteiger partial charge in [0.2, 0.25) is 10.0 Å². The third-order valence-electron chi connectivity index (χ3n) is 3.25. The van der Waals surface area contributed by atoms with Crippen molar-refractivity contribution in [2.75, 3.05) is 13.1 Å². The lowest BCUT2D eigenvalue weighted by atomic mass is 10.2. The molecular formula is C13H17BrFNO3S2. The van der Waals surface area contributed by atoms with Crippen LogP contribution in [0.1, 0.15) is 19.4 Å². The minimum absolute atomic E-state index is 0.0320. The van der Waals surface area contributed by atoms with Crippen LogP contribution in [0.4, 0.5) is 4.39 Å². The van der Waals surface area contributed by atoms with Gasteiger partial charge in [0, 0.05) is 33.6 Å². The quantitative estimate of drug-likeness (QED) is 0.851. The molecule has 4 nitrogen and oxygen atoms in total. The number of aliphatic hydroxyl groups is 1. The molecule has 1 saturated heterocycles. The van der Waals surface area contributed by atoms with Gasteiger partial charge in [-0.2, -0.15) is 16.1 Å². The second-order valence-corrected chi connectivity index (χ2v) is 9.82. The number of halogens is 2. The van der Waals surface area contributed by atoms with Gasteiger partial charge in [0.25, 0.3) is 0 Å². The van der Waals surface area contributed by atoms with Crippen molar-refractivity contribution in [1.82, 2.24) is 4.31 Å². The van der Waals surface area contributed by atoms with Gasteiger partial charge in [-0.1, -0.05) is 29.8 Å². The number of rotatable bonds is 3. The van der Waals surface area contributed by atoms with Gasteiger partial charge >= 0.3 is 0 Å². The van der Waals surface area contributed by atoms with Gasteiger partial charge in [0.15, 0.2) is 0 Å². The first-order valence-corrected chi connectivity index (χ1v) is 9.67. The molecule has 2 unspecified atom stereocenters. The summed E-state index contributed by atoms with van der Waals surface area (Å²) in [5, 5.41) is 9.48. The zero-order chi connectivity index (χ0) is 15.8. The Morgan fingerprint density at radius 1 is 1.38 bits per heavy atom. The van der Waals surface area contributed by atoms with Crippen molar-refractivity contribution in [2.24, 2.45) is 0 Å². The number of hydrogen-bond acceptors (Lipinski definition) is 4. The molecule has 1 N–H and O–H groups in total. The van der Waals surface area contributed by atoms with E-state index in [9.17, 15) is 12.8 Å². The Hall–Kier alpha value is -0.150. The maximum atomic E-state index is 14.3. The summed E-state index contributed by atoms with van der Waals surface area (Å²) in [5.74, 6) is -0.876. The molecule has 0 saturated carbocycles. The lowest BCUT2D eigenvalue weighted by Gasteiger charge is -2.33. The largest absolute Gasteiger partial charge is 0.392 e. The summed E-state index contributed by atoms with van der Waals surface area (Å²) < 4.78 is 41.4. The van der Waals surface area contributed by atoms with Gasteiger partial charge in [-0.05, 0) is 12.1 Å². The Morgan fingerprint density at radius 3 is 2.48 bits per heavy atom. The van der Waals surface area contributed by atoms with Crippen LogP contribution in [-0.4, -0.2) is 41.4 Å². The van der Waals surface area contributed by atoms with Crippen molar-refractivity contribution in [3.63, 3.8) is 0 Å². The lowest BCUT2D eigenvalue weighted by Crippen LogP contribution is -2.44. The molecule has 1 aromatic rings. The summed E-state index contributed by atoms with van der Waals surface area (Å²) in [5.41, 5.74) is -0.0320. The number of aliphatic hydroxyl groups excluding tert-OH is 1. The van der Waals surface area contributed by atoms with E-state index in [0.29, 0.717) is 17.6 Å². The molecule has 1 fully saturated rings. The SMILES string of the molecule is CC1CN(S(=O)(=O)c2cc(Br)cc(CO)c2F)CC(C)S1. The Kier molecular flexibility index (Phi) is 5.36. The van der Waals surface area contributed by atoms with Crippen LogP contribution >= 0.6 is 27.7 Å². The molecule has 2 rings (SSSR count). The Bertz CT molecular complexity index is 629. The van der Waals surface area contributed by atoms with Crippen LogP contribution in [0, 0.1) is 5.82 Å². The third kappa shape index (κ3) is 3.61. The van der Waals surface area contributed by atoms with E-state index < -0.39 is 22.4 Å². The van der Waals surface area contributed by atoms with Crippen LogP contribution in [-0.2, 0) is 16.6 Å². The number of hydrogen-bond donors (Lipinski definition) is 1. The third-order valence-corrected chi connectivity index (χ3v) is 6.77. The van der Waals surface area contributed by atoms with Crippen molar-refractivity contribution in [3.8, 4) is 0 Å². The van der Waals surface area contributed by atoms with Crippen LogP contribution in [0.25, 0.3) is 0 Å². The van der Waals surface area contributed by atoms with E-state index in [1.165, 1.54) is 16.4 Å². The minimum atomic E-state index is -3.91. The fraction of sp³-hybridized carbons (Fsp3) is 0.538. The van der Waals surface area contributed by atoms with Crippen molar-refractivity contribution in [1.29, 1.82) is 0 Å². The zero-order valence-electron chi connectivity index (χ0n) is 11.7. The summed E-state index contributed by atoms with van der Waals surface area (Å²) in [6, 6.07) is 2.63. The first-order chi connectivity index (χ1) is 9.75. The predicted octanol–water partition coefficient (Wildman–Crippen LogP) is 2.60. The van der Waals surface area contributed by atoms with Gasteiger partial charge in [0.1, 0.15) is 10.7 Å². The normalized spacial score (nSPS) is 24.2. The average Bonchev–Trinajstić information content (AvgIpc) is 2.39. The average molecular weight is 398 g/mol. The van der Waals surface area contributed by atoms with Crippen molar-refractivity contribution < 1.29 is 17.9 Å². The van der Waals surface area contributed by atoms with Crippen molar-refractivity contribution >= 4 is 37.7 Å². The molecule has 1 aliphatic rings. The summed E-state index contributed by atoms with van der Waals surface area (Å²) in [6.07, 6.45) is 0. The summed E-state index contributed by atoms with van der Waals surface area (Å²) >= 11 is 4.89. The maximum Gasteiger partial charge on any atom is 0.246 e. The van der Waals surface area contributed by atoms with Gasteiger partial charge in [0.05, 0.1) is 6.61 Å². The molecule has 1 heterocycles. The topological polar surface area (TPSA) is 57.6 Å². The van der Waals surface area contributed by atoms with Crippen LogP contribution in [0.2, 0.25) is 0 Å². The molecule has 0 aromatic heterocycles. The fourth-order valence-corrected chi connectivity index (χ4v) is 6.31. The van der Waals surface area contributed by atoms with Gasteiger partial charge in [-0.3, -0.25) is 0 Å². The van der Waals surface area contributed by atoms with Crippen molar-refractivity contribution in [2.45, 2.75) is 35.8 Å². The van der Waals surface area contributed by atoms with Gasteiger partial charge in [-0.25, -0.2) is 12.8 Å². The Morgan fingerprint density at radius 2 is 1.95 bits per heavy atom. The number of thioether (sulfide) groups is 1. The Balaban J connectivity index is 2.47. The molecule has 0 bridgehead atoms. The first-order valence-electron chi connectivity index (χ1n) is 6.50. The predicted molar refractivity (Wildman–Crippen MR) is 85.3 cm³/mol. The van der Waals surface area contributed by atoms with Crippen LogP contribution < -0.4 is 0 Å². The van der Waals surface area contributed by atoms with E-state index in [0.717, 1.165) is 0 Å². The second-order valence-electron chi connectivity index (χ2n) is 5.11. The molecular weight excluding hydrogens is 381 g/mol. The molecule has 1 aromatic carbocycles. The van der Waals surface area contributed by atoms with Crippen LogP contribution in [0.5, 0.6) is 0 Å². The standard InChI is InChI=1S/C13H17BrFNO3S2/c1-8-5-16(6-9(2)20-8)21(18,19)12-4-11(14)3-10(7-17)13(12)15/h3-4,8-9,17H,5-7H2,1-2H3. The van der Waals surface area contributed by atoms with Crippen LogP contribution in [0.3, 0.4) is 0 Å². The molecule has 0 radical (unpaired) electrons. The van der Waals surface area contributed by atoms with E-state index in [1.54, 1.807) is 11.8 Å². The lowest BCUT2D eigenvalue weighted by molar-refractivity contribution is 0.274. The van der Waals surface area contributed by atoms with E-state index in [1.807, 2.05) is 13.8 Å². The summed E-state index contributed by atoms with van der Waals surface area (Å²) in [6.45, 7) is 4.09. The monoisotopic (exact) mass is 397 g/mol. The molecule has 21 heavy (non-hydrogen) atoms. The van der Waals surface area contributed by atoms with E-state index in [-0.39, 0.29) is 21.0 Å². The number of benzene rings is 1. The smallest absolute Gasteiger partial charge is 0.246 e. The number of nitrogens with zero attached hydrogens (tertiary/aromatic N) is 1. The fourth-order valence-electron chi connectivity index (χ4n) is 2.39. The molecule has 0 spiro atoms. The highest BCUT2D eigenvalue weighted by Crippen LogP contribution is 2.31.